The highest BCUT2D eigenvalue weighted by atomic mass is 16.5. The van der Waals surface area contributed by atoms with E-state index in [0.29, 0.717) is 37.7 Å². The van der Waals surface area contributed by atoms with Crippen LogP contribution in [0, 0.1) is 11.8 Å². The zero-order valence-electron chi connectivity index (χ0n) is 16.3. The van der Waals surface area contributed by atoms with E-state index in [-0.39, 0.29) is 23.5 Å². The number of aliphatic hydroxyl groups excluding tert-OH is 1. The van der Waals surface area contributed by atoms with Gasteiger partial charge in [0, 0.05) is 19.0 Å². The van der Waals surface area contributed by atoms with Crippen molar-refractivity contribution < 1.29 is 29.3 Å². The average Bonchev–Trinajstić information content (AvgIpc) is 2.64. The van der Waals surface area contributed by atoms with Gasteiger partial charge >= 0.3 is 5.97 Å². The highest BCUT2D eigenvalue weighted by Gasteiger charge is 2.34. The summed E-state index contributed by atoms with van der Waals surface area (Å²) < 4.78 is 11.8. The summed E-state index contributed by atoms with van der Waals surface area (Å²) in [5, 5.41) is 23.0. The summed E-state index contributed by atoms with van der Waals surface area (Å²) in [6, 6.07) is 4.88. The third-order valence-electron chi connectivity index (χ3n) is 5.00. The molecule has 1 amide bonds. The maximum Gasteiger partial charge on any atom is 0.342 e. The largest absolute Gasteiger partial charge is 0.507 e. The van der Waals surface area contributed by atoms with Crippen molar-refractivity contribution in [1.82, 2.24) is 5.32 Å². The van der Waals surface area contributed by atoms with Gasteiger partial charge in [0.05, 0.1) is 18.3 Å². The normalized spacial score (nSPS) is 26.6. The summed E-state index contributed by atoms with van der Waals surface area (Å²) in [5.74, 6) is 3.72. The molecule has 7 nitrogen and oxygen atoms in total. The summed E-state index contributed by atoms with van der Waals surface area (Å²) in [6.45, 7) is 1.57. The molecular weight excluding hydrogens is 374 g/mol. The number of carbonyl (C=O) groups is 2. The molecular formula is C22H25NO6. The molecule has 0 aliphatic carbocycles. The van der Waals surface area contributed by atoms with E-state index in [1.807, 2.05) is 0 Å². The van der Waals surface area contributed by atoms with Crippen molar-refractivity contribution >= 4 is 11.9 Å². The molecule has 2 aliphatic heterocycles. The summed E-state index contributed by atoms with van der Waals surface area (Å²) in [5.41, 5.74) is 0.768. The first-order chi connectivity index (χ1) is 14.0. The van der Waals surface area contributed by atoms with Crippen LogP contribution >= 0.6 is 0 Å². The van der Waals surface area contributed by atoms with Gasteiger partial charge in [0.2, 0.25) is 0 Å². The van der Waals surface area contributed by atoms with Crippen molar-refractivity contribution in [2.24, 2.45) is 0 Å². The number of aromatic hydroxyl groups is 1. The number of nitrogens with one attached hydrogen (secondary N) is 1. The van der Waals surface area contributed by atoms with Gasteiger partial charge in [-0.3, -0.25) is 4.79 Å². The average molecular weight is 399 g/mol. The number of ether oxygens (including phenoxy) is 2. The number of benzene rings is 1. The molecule has 0 radical (unpaired) electrons. The number of cyclic esters (lactones) is 1. The van der Waals surface area contributed by atoms with Crippen molar-refractivity contribution in [2.75, 3.05) is 0 Å². The van der Waals surface area contributed by atoms with Crippen LogP contribution in [-0.4, -0.2) is 46.5 Å². The van der Waals surface area contributed by atoms with E-state index in [1.165, 1.54) is 12.3 Å². The van der Waals surface area contributed by atoms with E-state index in [9.17, 15) is 19.8 Å². The maximum absolute atomic E-state index is 12.8. The Morgan fingerprint density at radius 1 is 1.31 bits per heavy atom. The predicted molar refractivity (Wildman–Crippen MR) is 105 cm³/mol. The quantitative estimate of drug-likeness (QED) is 0.529. The number of hydrogen-bond acceptors (Lipinski definition) is 6. The first-order valence-corrected chi connectivity index (χ1v) is 9.70. The van der Waals surface area contributed by atoms with E-state index in [4.69, 9.17) is 9.47 Å². The Labute approximate surface area is 169 Å². The van der Waals surface area contributed by atoms with Crippen LogP contribution in [0.25, 0.3) is 0 Å². The van der Waals surface area contributed by atoms with Crippen LogP contribution in [0.4, 0.5) is 0 Å². The van der Waals surface area contributed by atoms with Crippen LogP contribution in [0.5, 0.6) is 5.75 Å². The Bertz CT molecular complexity index is 853. The monoisotopic (exact) mass is 399 g/mol. The van der Waals surface area contributed by atoms with Crippen molar-refractivity contribution in [3.05, 3.63) is 41.6 Å². The van der Waals surface area contributed by atoms with Gasteiger partial charge in [-0.25, -0.2) is 4.79 Å². The minimum absolute atomic E-state index is 0.134. The predicted octanol–water partition coefficient (Wildman–Crippen LogP) is 1.82. The molecule has 2 aliphatic rings. The first-order valence-electron chi connectivity index (χ1n) is 9.70. The number of hydrogen-bond donors (Lipinski definition) is 3. The first kappa shape index (κ1) is 20.9. The molecule has 154 valence electrons. The second-order valence-electron chi connectivity index (χ2n) is 7.27. The van der Waals surface area contributed by atoms with Gasteiger partial charge in [-0.15, -0.1) is 0 Å². The smallest absolute Gasteiger partial charge is 0.342 e. The molecule has 7 heteroatoms. The molecule has 1 unspecified atom stereocenters. The molecule has 1 fully saturated rings. The lowest BCUT2D eigenvalue weighted by molar-refractivity contribution is -0.115. The fraction of sp³-hybridized carbons (Fsp3) is 0.455. The minimum atomic E-state index is -0.585. The topological polar surface area (TPSA) is 105 Å². The zero-order chi connectivity index (χ0) is 20.8. The highest BCUT2D eigenvalue weighted by Crippen LogP contribution is 2.32. The summed E-state index contributed by atoms with van der Waals surface area (Å²) >= 11 is 0. The Hall–Kier alpha value is -2.82. The van der Waals surface area contributed by atoms with Crippen molar-refractivity contribution in [1.29, 1.82) is 0 Å². The van der Waals surface area contributed by atoms with Crippen molar-refractivity contribution in [3.8, 4) is 17.6 Å². The summed E-state index contributed by atoms with van der Waals surface area (Å²) in [6.07, 6.45) is 3.77. The SMILES string of the molecule is CC#CC(=O)N/C=C/CC1C[C@H]2C[C@@H](O)C[C@H](Cc3cccc(O)c3C(=O)O1)O2. The molecule has 3 N–H and O–H groups in total. The second kappa shape index (κ2) is 9.59. The van der Waals surface area contributed by atoms with E-state index < -0.39 is 24.1 Å². The molecule has 2 bridgehead atoms. The second-order valence-corrected chi connectivity index (χ2v) is 7.27. The molecule has 0 aromatic heterocycles. The molecule has 1 saturated heterocycles. The van der Waals surface area contributed by atoms with Crippen LogP contribution in [-0.2, 0) is 20.7 Å². The number of phenols is 1. The van der Waals surface area contributed by atoms with E-state index >= 15 is 0 Å². The van der Waals surface area contributed by atoms with Gasteiger partial charge in [-0.2, -0.15) is 0 Å². The number of fused-ring (bicyclic) bond motifs is 3. The fourth-order valence-electron chi connectivity index (χ4n) is 3.81. The van der Waals surface area contributed by atoms with Crippen molar-refractivity contribution in [2.45, 2.75) is 63.4 Å². The molecule has 3 rings (SSSR count). The van der Waals surface area contributed by atoms with Gasteiger partial charge in [0.15, 0.2) is 0 Å². The summed E-state index contributed by atoms with van der Waals surface area (Å²) in [4.78, 5) is 24.2. The van der Waals surface area contributed by atoms with Gasteiger partial charge < -0.3 is 25.0 Å². The van der Waals surface area contributed by atoms with Gasteiger partial charge in [-0.1, -0.05) is 24.1 Å². The Kier molecular flexibility index (Phi) is 6.91. The molecule has 4 atom stereocenters. The Morgan fingerprint density at radius 3 is 2.90 bits per heavy atom. The van der Waals surface area contributed by atoms with Crippen LogP contribution in [0.2, 0.25) is 0 Å². The van der Waals surface area contributed by atoms with Crippen LogP contribution < -0.4 is 5.32 Å². The third kappa shape index (κ3) is 5.59. The number of carbonyl (C=O) groups excluding carboxylic acids is 2. The van der Waals surface area contributed by atoms with E-state index in [2.05, 4.69) is 17.2 Å². The number of aliphatic hydroxyl groups is 1. The lowest BCUT2D eigenvalue weighted by atomic mass is 9.91. The van der Waals surface area contributed by atoms with Gasteiger partial charge in [-0.05, 0) is 43.7 Å². The van der Waals surface area contributed by atoms with Crippen LogP contribution in [0.3, 0.4) is 0 Å². The summed E-state index contributed by atoms with van der Waals surface area (Å²) in [7, 11) is 0. The lowest BCUT2D eigenvalue weighted by Gasteiger charge is -2.36. The Balaban J connectivity index is 1.80. The van der Waals surface area contributed by atoms with Crippen LogP contribution in [0.1, 0.15) is 48.5 Å². The fourth-order valence-corrected chi connectivity index (χ4v) is 3.81. The zero-order valence-corrected chi connectivity index (χ0v) is 16.3. The highest BCUT2D eigenvalue weighted by molar-refractivity contribution is 5.94. The maximum atomic E-state index is 12.8. The number of phenolic OH excluding ortho intramolecular Hbond substituents is 1. The minimum Gasteiger partial charge on any atom is -0.507 e. The standard InChI is InChI=1S/C22H25NO6/c1-2-5-20(26)23-9-4-7-16-13-18-12-15(24)11-17(28-18)10-14-6-3-8-19(25)21(14)22(27)29-16/h3-4,6,8-9,15-18,24-25H,7,10-13H2,1H3,(H,23,26)/b9-4+/t15-,16?,17-,18+/m0/s1. The molecule has 29 heavy (non-hydrogen) atoms. The third-order valence-corrected chi connectivity index (χ3v) is 5.00. The molecule has 0 saturated carbocycles. The Morgan fingerprint density at radius 2 is 2.10 bits per heavy atom. The van der Waals surface area contributed by atoms with Gasteiger partial charge in [0.1, 0.15) is 17.4 Å². The number of esters is 1. The molecule has 2 heterocycles. The number of amides is 1. The van der Waals surface area contributed by atoms with E-state index in [0.717, 1.165) is 0 Å². The van der Waals surface area contributed by atoms with Crippen LogP contribution in [0.15, 0.2) is 30.5 Å². The van der Waals surface area contributed by atoms with Gasteiger partial charge in [0.25, 0.3) is 5.91 Å². The van der Waals surface area contributed by atoms with Crippen molar-refractivity contribution in [3.63, 3.8) is 0 Å². The van der Waals surface area contributed by atoms with E-state index in [1.54, 1.807) is 25.1 Å². The molecule has 1 aromatic rings. The lowest BCUT2D eigenvalue weighted by Crippen LogP contribution is -2.40. The molecule has 1 aromatic carbocycles. The molecule has 0 spiro atoms. The number of rotatable bonds is 3.